The number of nitrogens with zero attached hydrogens (tertiary/aromatic N) is 2. The molecule has 0 N–H and O–H groups in total. The standard InChI is InChI=1S/C16H20N2O2/c1-3-15-14-9-8-13(20-11(2)19)10-16(14)18(17-15)12-6-4-5-7-12/h8-10,12H,3-7H2,1-2H3. The molecule has 1 fully saturated rings. The molecule has 0 saturated heterocycles. The summed E-state index contributed by atoms with van der Waals surface area (Å²) in [6.45, 7) is 3.55. The van der Waals surface area contributed by atoms with Gasteiger partial charge in [0.1, 0.15) is 5.75 Å². The Balaban J connectivity index is 2.09. The van der Waals surface area contributed by atoms with Crippen molar-refractivity contribution >= 4 is 16.9 Å². The fraction of sp³-hybridized carbons (Fsp3) is 0.500. The van der Waals surface area contributed by atoms with Gasteiger partial charge in [-0.3, -0.25) is 9.48 Å². The van der Waals surface area contributed by atoms with E-state index in [1.165, 1.54) is 38.0 Å². The molecule has 1 aliphatic rings. The SMILES string of the molecule is CCc1nn(C2CCCC2)c2cc(OC(C)=O)ccc12. The Bertz CT molecular complexity index is 639. The Kier molecular flexibility index (Phi) is 3.47. The number of fused-ring (bicyclic) bond motifs is 1. The van der Waals surface area contributed by atoms with Gasteiger partial charge in [0.25, 0.3) is 0 Å². The third-order valence-electron chi connectivity index (χ3n) is 4.02. The van der Waals surface area contributed by atoms with E-state index in [0.29, 0.717) is 11.8 Å². The highest BCUT2D eigenvalue weighted by Crippen LogP contribution is 2.34. The topological polar surface area (TPSA) is 44.1 Å². The van der Waals surface area contributed by atoms with Crippen LogP contribution in [0.1, 0.15) is 51.3 Å². The van der Waals surface area contributed by atoms with Gasteiger partial charge in [0, 0.05) is 18.4 Å². The Morgan fingerprint density at radius 1 is 1.40 bits per heavy atom. The van der Waals surface area contributed by atoms with Crippen LogP contribution in [-0.4, -0.2) is 15.7 Å². The highest BCUT2D eigenvalue weighted by Gasteiger charge is 2.21. The zero-order valence-corrected chi connectivity index (χ0v) is 12.1. The van der Waals surface area contributed by atoms with E-state index in [1.54, 1.807) is 0 Å². The predicted octanol–water partition coefficient (Wildman–Crippen LogP) is 3.64. The van der Waals surface area contributed by atoms with Gasteiger partial charge in [0.15, 0.2) is 0 Å². The van der Waals surface area contributed by atoms with Gasteiger partial charge in [-0.15, -0.1) is 0 Å². The van der Waals surface area contributed by atoms with E-state index in [-0.39, 0.29) is 5.97 Å². The summed E-state index contributed by atoms with van der Waals surface area (Å²) in [4.78, 5) is 11.1. The summed E-state index contributed by atoms with van der Waals surface area (Å²) in [5.74, 6) is 0.318. The molecule has 3 rings (SSSR count). The number of rotatable bonds is 3. The lowest BCUT2D eigenvalue weighted by atomic mass is 10.1. The Morgan fingerprint density at radius 2 is 2.15 bits per heavy atom. The number of ether oxygens (including phenoxy) is 1. The number of esters is 1. The monoisotopic (exact) mass is 272 g/mol. The van der Waals surface area contributed by atoms with Crippen molar-refractivity contribution in [2.75, 3.05) is 0 Å². The van der Waals surface area contributed by atoms with Crippen molar-refractivity contribution in [1.82, 2.24) is 9.78 Å². The molecular formula is C16H20N2O2. The summed E-state index contributed by atoms with van der Waals surface area (Å²) in [6.07, 6.45) is 5.85. The van der Waals surface area contributed by atoms with Crippen LogP contribution >= 0.6 is 0 Å². The van der Waals surface area contributed by atoms with E-state index >= 15 is 0 Å². The molecule has 0 radical (unpaired) electrons. The third kappa shape index (κ3) is 2.30. The Morgan fingerprint density at radius 3 is 2.80 bits per heavy atom. The van der Waals surface area contributed by atoms with Crippen molar-refractivity contribution < 1.29 is 9.53 Å². The second kappa shape index (κ2) is 5.27. The summed E-state index contributed by atoms with van der Waals surface area (Å²) < 4.78 is 7.35. The van der Waals surface area contributed by atoms with Crippen LogP contribution in [-0.2, 0) is 11.2 Å². The quantitative estimate of drug-likeness (QED) is 0.633. The smallest absolute Gasteiger partial charge is 0.308 e. The van der Waals surface area contributed by atoms with Crippen molar-refractivity contribution in [1.29, 1.82) is 0 Å². The molecule has 2 aromatic rings. The van der Waals surface area contributed by atoms with Crippen LogP contribution < -0.4 is 4.74 Å². The maximum Gasteiger partial charge on any atom is 0.308 e. The number of aromatic nitrogens is 2. The minimum Gasteiger partial charge on any atom is -0.427 e. The summed E-state index contributed by atoms with van der Waals surface area (Å²) >= 11 is 0. The zero-order chi connectivity index (χ0) is 14.1. The number of carbonyl (C=O) groups is 1. The second-order valence-corrected chi connectivity index (χ2v) is 5.46. The molecular weight excluding hydrogens is 252 g/mol. The first-order chi connectivity index (χ1) is 9.69. The Labute approximate surface area is 118 Å². The zero-order valence-electron chi connectivity index (χ0n) is 12.1. The fourth-order valence-corrected chi connectivity index (χ4v) is 3.10. The fourth-order valence-electron chi connectivity index (χ4n) is 3.10. The van der Waals surface area contributed by atoms with Crippen molar-refractivity contribution in [3.8, 4) is 5.75 Å². The number of carbonyl (C=O) groups excluding carboxylic acids is 1. The largest absolute Gasteiger partial charge is 0.427 e. The van der Waals surface area contributed by atoms with Gasteiger partial charge in [-0.05, 0) is 31.4 Å². The number of hydrogen-bond donors (Lipinski definition) is 0. The van der Waals surface area contributed by atoms with Crippen LogP contribution in [0.15, 0.2) is 18.2 Å². The first-order valence-corrected chi connectivity index (χ1v) is 7.38. The summed E-state index contributed by atoms with van der Waals surface area (Å²) in [6, 6.07) is 6.31. The molecule has 0 atom stereocenters. The highest BCUT2D eigenvalue weighted by molar-refractivity contribution is 5.84. The van der Waals surface area contributed by atoms with Gasteiger partial charge < -0.3 is 4.74 Å². The normalized spacial score (nSPS) is 15.9. The van der Waals surface area contributed by atoms with Crippen LogP contribution in [0.4, 0.5) is 0 Å². The minimum absolute atomic E-state index is 0.285. The molecule has 0 unspecified atom stereocenters. The van der Waals surface area contributed by atoms with E-state index in [2.05, 4.69) is 11.6 Å². The predicted molar refractivity (Wildman–Crippen MR) is 77.9 cm³/mol. The van der Waals surface area contributed by atoms with E-state index < -0.39 is 0 Å². The van der Waals surface area contributed by atoms with Crippen LogP contribution in [0.25, 0.3) is 10.9 Å². The maximum absolute atomic E-state index is 11.1. The molecule has 1 heterocycles. The third-order valence-corrected chi connectivity index (χ3v) is 4.02. The molecule has 0 amide bonds. The van der Waals surface area contributed by atoms with E-state index in [4.69, 9.17) is 9.84 Å². The molecule has 1 aliphatic carbocycles. The maximum atomic E-state index is 11.1. The molecule has 0 spiro atoms. The lowest BCUT2D eigenvalue weighted by Crippen LogP contribution is -2.07. The van der Waals surface area contributed by atoms with Crippen molar-refractivity contribution in [3.63, 3.8) is 0 Å². The van der Waals surface area contributed by atoms with Crippen LogP contribution in [0.5, 0.6) is 5.75 Å². The molecule has 1 saturated carbocycles. The number of benzene rings is 1. The van der Waals surface area contributed by atoms with Gasteiger partial charge in [-0.1, -0.05) is 19.8 Å². The van der Waals surface area contributed by atoms with Crippen molar-refractivity contribution in [2.24, 2.45) is 0 Å². The first-order valence-electron chi connectivity index (χ1n) is 7.38. The number of aryl methyl sites for hydroxylation is 1. The first kappa shape index (κ1) is 13.2. The number of hydrogen-bond acceptors (Lipinski definition) is 3. The van der Waals surface area contributed by atoms with Gasteiger partial charge >= 0.3 is 5.97 Å². The van der Waals surface area contributed by atoms with Crippen molar-refractivity contribution in [3.05, 3.63) is 23.9 Å². The van der Waals surface area contributed by atoms with Gasteiger partial charge in [-0.2, -0.15) is 5.10 Å². The van der Waals surface area contributed by atoms with E-state index in [0.717, 1.165) is 17.6 Å². The van der Waals surface area contributed by atoms with Crippen LogP contribution in [0.3, 0.4) is 0 Å². The molecule has 20 heavy (non-hydrogen) atoms. The summed E-state index contributed by atoms with van der Waals surface area (Å²) in [7, 11) is 0. The molecule has 4 heteroatoms. The summed E-state index contributed by atoms with van der Waals surface area (Å²) in [5.41, 5.74) is 2.22. The lowest BCUT2D eigenvalue weighted by molar-refractivity contribution is -0.131. The molecule has 1 aromatic carbocycles. The highest BCUT2D eigenvalue weighted by atomic mass is 16.5. The molecule has 0 bridgehead atoms. The van der Waals surface area contributed by atoms with Crippen LogP contribution in [0, 0.1) is 0 Å². The molecule has 106 valence electrons. The van der Waals surface area contributed by atoms with Gasteiger partial charge in [0.2, 0.25) is 0 Å². The average Bonchev–Trinajstić information content (AvgIpc) is 3.03. The van der Waals surface area contributed by atoms with Crippen molar-refractivity contribution in [2.45, 2.75) is 52.0 Å². The van der Waals surface area contributed by atoms with E-state index in [9.17, 15) is 4.79 Å². The lowest BCUT2D eigenvalue weighted by Gasteiger charge is -2.11. The summed E-state index contributed by atoms with van der Waals surface area (Å²) in [5, 5.41) is 5.96. The van der Waals surface area contributed by atoms with Gasteiger partial charge in [0.05, 0.1) is 17.3 Å². The molecule has 1 aromatic heterocycles. The Hall–Kier alpha value is -1.84. The second-order valence-electron chi connectivity index (χ2n) is 5.46. The minimum atomic E-state index is -0.285. The van der Waals surface area contributed by atoms with Crippen LogP contribution in [0.2, 0.25) is 0 Å². The molecule has 4 nitrogen and oxygen atoms in total. The average molecular weight is 272 g/mol. The van der Waals surface area contributed by atoms with E-state index in [1.807, 2.05) is 18.2 Å². The molecule has 0 aliphatic heterocycles. The van der Waals surface area contributed by atoms with Gasteiger partial charge in [-0.25, -0.2) is 0 Å².